The minimum atomic E-state index is -0.516. The fourth-order valence-corrected chi connectivity index (χ4v) is 2.92. The van der Waals surface area contributed by atoms with E-state index in [2.05, 4.69) is 17.1 Å². The molecule has 1 aliphatic heterocycles. The lowest BCUT2D eigenvalue weighted by Crippen LogP contribution is -2.45. The number of rotatable bonds is 6. The Morgan fingerprint density at radius 2 is 2.05 bits per heavy atom. The molecule has 0 radical (unpaired) electrons. The minimum Gasteiger partial charge on any atom is -0.505 e. The van der Waals surface area contributed by atoms with Gasteiger partial charge in [0.25, 0.3) is 0 Å². The molecule has 3 nitrogen and oxygen atoms in total. The number of benzene rings is 1. The normalized spacial score (nSPS) is 18.1. The van der Waals surface area contributed by atoms with E-state index in [4.69, 9.17) is 0 Å². The second-order valence-corrected chi connectivity index (χ2v) is 5.48. The molecule has 0 unspecified atom stereocenters. The second-order valence-electron chi connectivity index (χ2n) is 5.48. The van der Waals surface area contributed by atoms with E-state index in [1.807, 2.05) is 6.07 Å². The zero-order chi connectivity index (χ0) is 14.4. The number of nitrogens with zero attached hydrogens (tertiary/aromatic N) is 1. The molecule has 4 heteroatoms. The van der Waals surface area contributed by atoms with Gasteiger partial charge >= 0.3 is 0 Å². The third-order valence-corrected chi connectivity index (χ3v) is 4.05. The van der Waals surface area contributed by atoms with Crippen molar-refractivity contribution in [3.8, 4) is 5.75 Å². The van der Waals surface area contributed by atoms with Crippen molar-refractivity contribution in [1.29, 1.82) is 0 Å². The van der Waals surface area contributed by atoms with Crippen LogP contribution in [0.1, 0.15) is 44.2 Å². The molecule has 1 aromatic rings. The lowest BCUT2D eigenvalue weighted by Gasteiger charge is -2.35. The van der Waals surface area contributed by atoms with Crippen LogP contribution in [-0.2, 0) is 0 Å². The summed E-state index contributed by atoms with van der Waals surface area (Å²) in [5.74, 6) is -0.689. The van der Waals surface area contributed by atoms with Crippen LogP contribution in [-0.4, -0.2) is 36.2 Å². The molecule has 0 aliphatic carbocycles. The highest BCUT2D eigenvalue weighted by Gasteiger charge is 2.25. The van der Waals surface area contributed by atoms with Crippen LogP contribution in [0.25, 0.3) is 0 Å². The summed E-state index contributed by atoms with van der Waals surface area (Å²) >= 11 is 0. The standard InChI is InChI=1S/C16H25FN2O/c1-2-3-4-8-15(19-11-9-18-10-12-19)13-6-5-7-14(17)16(13)20/h5-7,15,18,20H,2-4,8-12H2,1H3/t15-/m1/s1. The van der Waals surface area contributed by atoms with Gasteiger partial charge in [-0.05, 0) is 12.5 Å². The molecule has 0 aromatic heterocycles. The Bertz CT molecular complexity index is 419. The van der Waals surface area contributed by atoms with E-state index in [-0.39, 0.29) is 11.8 Å². The van der Waals surface area contributed by atoms with Crippen molar-refractivity contribution in [3.05, 3.63) is 29.6 Å². The Labute approximate surface area is 120 Å². The molecule has 1 aromatic carbocycles. The molecule has 2 rings (SSSR count). The van der Waals surface area contributed by atoms with Crippen LogP contribution in [0.4, 0.5) is 4.39 Å². The SMILES string of the molecule is CCCCC[C@H](c1cccc(F)c1O)N1CCNCC1. The Morgan fingerprint density at radius 3 is 2.75 bits per heavy atom. The molecular formula is C16H25FN2O. The lowest BCUT2D eigenvalue weighted by atomic mass is 9.97. The van der Waals surface area contributed by atoms with Gasteiger partial charge in [-0.2, -0.15) is 0 Å². The van der Waals surface area contributed by atoms with Crippen LogP contribution < -0.4 is 5.32 Å². The molecule has 0 spiro atoms. The Morgan fingerprint density at radius 1 is 1.30 bits per heavy atom. The summed E-state index contributed by atoms with van der Waals surface area (Å²) in [7, 11) is 0. The molecule has 1 saturated heterocycles. The number of aromatic hydroxyl groups is 1. The van der Waals surface area contributed by atoms with Crippen molar-refractivity contribution < 1.29 is 9.50 Å². The van der Waals surface area contributed by atoms with Crippen LogP contribution in [0.15, 0.2) is 18.2 Å². The van der Waals surface area contributed by atoms with Crippen molar-refractivity contribution in [2.75, 3.05) is 26.2 Å². The van der Waals surface area contributed by atoms with Crippen molar-refractivity contribution in [3.63, 3.8) is 0 Å². The van der Waals surface area contributed by atoms with Gasteiger partial charge in [0.2, 0.25) is 0 Å². The largest absolute Gasteiger partial charge is 0.505 e. The first-order valence-electron chi connectivity index (χ1n) is 7.66. The molecule has 2 N–H and O–H groups in total. The van der Waals surface area contributed by atoms with Crippen LogP contribution in [0, 0.1) is 5.82 Å². The first kappa shape index (κ1) is 15.3. The molecule has 20 heavy (non-hydrogen) atoms. The Hall–Kier alpha value is -1.13. The maximum Gasteiger partial charge on any atom is 0.165 e. The smallest absolute Gasteiger partial charge is 0.165 e. The van der Waals surface area contributed by atoms with Gasteiger partial charge in [-0.25, -0.2) is 4.39 Å². The fraction of sp³-hybridized carbons (Fsp3) is 0.625. The molecule has 0 amide bonds. The monoisotopic (exact) mass is 280 g/mol. The predicted molar refractivity (Wildman–Crippen MR) is 79.4 cm³/mol. The number of halogens is 1. The quantitative estimate of drug-likeness (QED) is 0.786. The van der Waals surface area contributed by atoms with Crippen LogP contribution in [0.5, 0.6) is 5.75 Å². The highest BCUT2D eigenvalue weighted by molar-refractivity contribution is 5.36. The number of phenolic OH excluding ortho intramolecular Hbond substituents is 1. The molecular weight excluding hydrogens is 255 g/mol. The Kier molecular flexibility index (Phi) is 5.80. The summed E-state index contributed by atoms with van der Waals surface area (Å²) in [5.41, 5.74) is 0.739. The van der Waals surface area contributed by atoms with Gasteiger partial charge in [-0.15, -0.1) is 0 Å². The average molecular weight is 280 g/mol. The number of piperazine rings is 1. The number of nitrogens with one attached hydrogen (secondary N) is 1. The van der Waals surface area contributed by atoms with Crippen LogP contribution >= 0.6 is 0 Å². The van der Waals surface area contributed by atoms with E-state index in [1.54, 1.807) is 6.07 Å². The molecule has 1 aliphatic rings. The summed E-state index contributed by atoms with van der Waals surface area (Å²) in [5, 5.41) is 13.4. The van der Waals surface area contributed by atoms with Gasteiger partial charge in [0.05, 0.1) is 0 Å². The number of unbranched alkanes of at least 4 members (excludes halogenated alkanes) is 2. The van der Waals surface area contributed by atoms with E-state index in [0.717, 1.165) is 44.6 Å². The molecule has 1 fully saturated rings. The molecule has 1 heterocycles. The molecule has 112 valence electrons. The zero-order valence-electron chi connectivity index (χ0n) is 12.2. The van der Waals surface area contributed by atoms with Crippen molar-refractivity contribution in [1.82, 2.24) is 10.2 Å². The van der Waals surface area contributed by atoms with Gasteiger partial charge in [-0.3, -0.25) is 4.90 Å². The summed E-state index contributed by atoms with van der Waals surface area (Å²) in [6, 6.07) is 5.00. The predicted octanol–water partition coefficient (Wildman–Crippen LogP) is 3.06. The minimum absolute atomic E-state index is 0.124. The van der Waals surface area contributed by atoms with Crippen molar-refractivity contribution >= 4 is 0 Å². The molecule has 0 bridgehead atoms. The van der Waals surface area contributed by atoms with E-state index < -0.39 is 5.82 Å². The first-order chi connectivity index (χ1) is 9.74. The number of hydrogen-bond acceptors (Lipinski definition) is 3. The molecule has 1 atom stereocenters. The van der Waals surface area contributed by atoms with Crippen LogP contribution in [0.3, 0.4) is 0 Å². The third-order valence-electron chi connectivity index (χ3n) is 4.05. The highest BCUT2D eigenvalue weighted by atomic mass is 19.1. The number of para-hydroxylation sites is 1. The van der Waals surface area contributed by atoms with Gasteiger partial charge in [0.15, 0.2) is 11.6 Å². The van der Waals surface area contributed by atoms with Gasteiger partial charge < -0.3 is 10.4 Å². The van der Waals surface area contributed by atoms with Crippen molar-refractivity contribution in [2.24, 2.45) is 0 Å². The van der Waals surface area contributed by atoms with Gasteiger partial charge in [0, 0.05) is 37.8 Å². The molecule has 0 saturated carbocycles. The summed E-state index contributed by atoms with van der Waals surface area (Å²) < 4.78 is 13.6. The average Bonchev–Trinajstić information content (AvgIpc) is 2.48. The zero-order valence-corrected chi connectivity index (χ0v) is 12.2. The third kappa shape index (κ3) is 3.70. The topological polar surface area (TPSA) is 35.5 Å². The van der Waals surface area contributed by atoms with E-state index >= 15 is 0 Å². The lowest BCUT2D eigenvalue weighted by molar-refractivity contribution is 0.159. The first-order valence-corrected chi connectivity index (χ1v) is 7.66. The second kappa shape index (κ2) is 7.60. The summed E-state index contributed by atoms with van der Waals surface area (Å²) in [6.07, 6.45) is 4.44. The fourth-order valence-electron chi connectivity index (χ4n) is 2.92. The number of phenols is 1. The van der Waals surface area contributed by atoms with Gasteiger partial charge in [-0.1, -0.05) is 38.3 Å². The maximum atomic E-state index is 13.6. The Balaban J connectivity index is 2.17. The highest BCUT2D eigenvalue weighted by Crippen LogP contribution is 2.34. The van der Waals surface area contributed by atoms with Gasteiger partial charge in [0.1, 0.15) is 0 Å². The van der Waals surface area contributed by atoms with E-state index in [0.29, 0.717) is 0 Å². The van der Waals surface area contributed by atoms with E-state index in [9.17, 15) is 9.50 Å². The maximum absolute atomic E-state index is 13.6. The number of hydrogen-bond donors (Lipinski definition) is 2. The summed E-state index contributed by atoms with van der Waals surface area (Å²) in [4.78, 5) is 2.36. The van der Waals surface area contributed by atoms with Crippen molar-refractivity contribution in [2.45, 2.75) is 38.6 Å². The van der Waals surface area contributed by atoms with Crippen LogP contribution in [0.2, 0.25) is 0 Å². The van der Waals surface area contributed by atoms with E-state index in [1.165, 1.54) is 18.9 Å². The summed E-state index contributed by atoms with van der Waals surface area (Å²) in [6.45, 7) is 6.00.